The summed E-state index contributed by atoms with van der Waals surface area (Å²) in [6.45, 7) is 7.44. The van der Waals surface area contributed by atoms with Gasteiger partial charge < -0.3 is 9.47 Å². The normalized spacial score (nSPS) is 58.6. The van der Waals surface area contributed by atoms with Crippen LogP contribution in [0.1, 0.15) is 52.9 Å². The predicted octanol–water partition coefficient (Wildman–Crippen LogP) is 3.26. The van der Waals surface area contributed by atoms with Gasteiger partial charge in [0.15, 0.2) is 11.9 Å². The molecule has 114 valence electrons. The second-order valence-corrected chi connectivity index (χ2v) is 7.55. The van der Waals surface area contributed by atoms with Crippen molar-refractivity contribution in [1.29, 1.82) is 0 Å². The molecule has 4 saturated heterocycles. The van der Waals surface area contributed by atoms with Crippen LogP contribution in [0, 0.1) is 23.7 Å². The molecule has 0 unspecified atom stereocenters. The van der Waals surface area contributed by atoms with Gasteiger partial charge in [-0.25, -0.2) is 9.78 Å². The highest BCUT2D eigenvalue weighted by Crippen LogP contribution is 2.58. The third-order valence-corrected chi connectivity index (χ3v) is 6.30. The first kappa shape index (κ1) is 13.5. The van der Waals surface area contributed by atoms with E-state index in [-0.39, 0.29) is 11.9 Å². The Morgan fingerprint density at radius 3 is 2.50 bits per heavy atom. The van der Waals surface area contributed by atoms with Crippen LogP contribution in [-0.2, 0) is 19.2 Å². The Bertz CT molecular complexity index is 400. The molecule has 5 rings (SSSR count). The summed E-state index contributed by atoms with van der Waals surface area (Å²) >= 11 is 0. The molecule has 1 spiro atoms. The van der Waals surface area contributed by atoms with Gasteiger partial charge in [-0.15, -0.1) is 0 Å². The fraction of sp³-hybridized carbons (Fsp3) is 1.00. The summed E-state index contributed by atoms with van der Waals surface area (Å²) in [6, 6.07) is 0. The van der Waals surface area contributed by atoms with Gasteiger partial charge in [0.25, 0.3) is 0 Å². The molecule has 0 aromatic rings. The fourth-order valence-electron chi connectivity index (χ4n) is 5.08. The van der Waals surface area contributed by atoms with E-state index in [0.717, 1.165) is 25.9 Å². The summed E-state index contributed by atoms with van der Waals surface area (Å²) in [5, 5.41) is 0. The SMILES string of the molecule is C[C@@H]1CC[C@H]2[C@@H](C)CCO[C@@H]3O[C@]4(C)CC[C@@H]1[C@]32OO4. The van der Waals surface area contributed by atoms with Crippen LogP contribution in [0.3, 0.4) is 0 Å². The van der Waals surface area contributed by atoms with Crippen molar-refractivity contribution in [3.8, 4) is 0 Å². The molecule has 5 aliphatic rings. The maximum absolute atomic E-state index is 6.24. The van der Waals surface area contributed by atoms with Gasteiger partial charge >= 0.3 is 0 Å². The number of hydrogen-bond acceptors (Lipinski definition) is 4. The van der Waals surface area contributed by atoms with Crippen molar-refractivity contribution in [3.05, 3.63) is 0 Å². The second-order valence-electron chi connectivity index (χ2n) is 7.55. The Morgan fingerprint density at radius 1 is 0.900 bits per heavy atom. The van der Waals surface area contributed by atoms with E-state index in [1.165, 1.54) is 12.8 Å². The molecule has 0 N–H and O–H groups in total. The summed E-state index contributed by atoms with van der Waals surface area (Å²) < 4.78 is 12.3. The molecule has 5 fully saturated rings. The number of ether oxygens (including phenoxy) is 2. The van der Waals surface area contributed by atoms with Crippen molar-refractivity contribution in [2.45, 2.75) is 70.6 Å². The highest BCUT2D eigenvalue weighted by Gasteiger charge is 2.66. The van der Waals surface area contributed by atoms with E-state index < -0.39 is 5.79 Å². The van der Waals surface area contributed by atoms with Gasteiger partial charge in [-0.05, 0) is 56.3 Å². The summed E-state index contributed by atoms with van der Waals surface area (Å²) in [5.74, 6) is 1.58. The van der Waals surface area contributed by atoms with Gasteiger partial charge in [0.05, 0.1) is 6.61 Å². The lowest BCUT2D eigenvalue weighted by atomic mass is 9.59. The Labute approximate surface area is 121 Å². The molecule has 4 heteroatoms. The van der Waals surface area contributed by atoms with E-state index in [1.807, 2.05) is 6.92 Å². The minimum Gasteiger partial charge on any atom is -0.349 e. The van der Waals surface area contributed by atoms with Crippen LogP contribution in [0.25, 0.3) is 0 Å². The number of hydrogen-bond donors (Lipinski definition) is 0. The lowest BCUT2D eigenvalue weighted by Crippen LogP contribution is -2.65. The molecule has 0 radical (unpaired) electrons. The standard InChI is InChI=1S/C16H26O4/c1-10-4-5-12-11(2)7-9-17-14-16(12)13(10)6-8-15(3,18-14)19-20-16/h10-14H,4-9H2,1-3H3/t10-,11+,12+,13+,14-,15+,16+/m1/s1. The quantitative estimate of drug-likeness (QED) is 0.639. The third-order valence-electron chi connectivity index (χ3n) is 6.30. The Balaban J connectivity index is 1.82. The smallest absolute Gasteiger partial charge is 0.201 e. The van der Waals surface area contributed by atoms with Crippen molar-refractivity contribution in [3.63, 3.8) is 0 Å². The lowest BCUT2D eigenvalue weighted by Gasteiger charge is -2.55. The topological polar surface area (TPSA) is 36.9 Å². The zero-order valence-electron chi connectivity index (χ0n) is 12.8. The highest BCUT2D eigenvalue weighted by atomic mass is 17.3. The average Bonchev–Trinajstić information content (AvgIpc) is 2.71. The molecule has 7 atom stereocenters. The zero-order valence-corrected chi connectivity index (χ0v) is 12.8. The molecule has 0 aromatic carbocycles. The van der Waals surface area contributed by atoms with Crippen molar-refractivity contribution in [2.24, 2.45) is 23.7 Å². The summed E-state index contributed by atoms with van der Waals surface area (Å²) in [7, 11) is 0. The molecule has 20 heavy (non-hydrogen) atoms. The third kappa shape index (κ3) is 1.68. The van der Waals surface area contributed by atoms with E-state index in [1.54, 1.807) is 0 Å². The van der Waals surface area contributed by atoms with Crippen LogP contribution in [0.4, 0.5) is 0 Å². The molecule has 2 bridgehead atoms. The van der Waals surface area contributed by atoms with E-state index in [9.17, 15) is 0 Å². The first-order valence-electron chi connectivity index (χ1n) is 8.21. The first-order chi connectivity index (χ1) is 9.55. The Kier molecular flexibility index (Phi) is 2.98. The van der Waals surface area contributed by atoms with Gasteiger partial charge in [0.1, 0.15) is 0 Å². The molecule has 1 aliphatic carbocycles. The molecule has 0 aromatic heterocycles. The Hall–Kier alpha value is -0.160. The first-order valence-corrected chi connectivity index (χ1v) is 8.21. The summed E-state index contributed by atoms with van der Waals surface area (Å²) in [4.78, 5) is 11.9. The van der Waals surface area contributed by atoms with Crippen LogP contribution in [0.5, 0.6) is 0 Å². The van der Waals surface area contributed by atoms with Crippen molar-refractivity contribution < 1.29 is 19.2 Å². The maximum Gasteiger partial charge on any atom is 0.201 e. The largest absolute Gasteiger partial charge is 0.349 e. The molecule has 4 aliphatic heterocycles. The summed E-state index contributed by atoms with van der Waals surface area (Å²) in [5.41, 5.74) is -0.385. The highest BCUT2D eigenvalue weighted by molar-refractivity contribution is 5.07. The minimum absolute atomic E-state index is 0.258. The van der Waals surface area contributed by atoms with Gasteiger partial charge in [-0.3, -0.25) is 0 Å². The predicted molar refractivity (Wildman–Crippen MR) is 72.5 cm³/mol. The van der Waals surface area contributed by atoms with Gasteiger partial charge in [0, 0.05) is 6.42 Å². The van der Waals surface area contributed by atoms with E-state index in [2.05, 4.69) is 13.8 Å². The Morgan fingerprint density at radius 2 is 1.65 bits per heavy atom. The van der Waals surface area contributed by atoms with Crippen molar-refractivity contribution >= 4 is 0 Å². The fourth-order valence-corrected chi connectivity index (χ4v) is 5.08. The molecular formula is C16H26O4. The van der Waals surface area contributed by atoms with Crippen LogP contribution in [0.2, 0.25) is 0 Å². The lowest BCUT2D eigenvalue weighted by molar-refractivity contribution is -0.556. The van der Waals surface area contributed by atoms with Crippen molar-refractivity contribution in [1.82, 2.24) is 0 Å². The van der Waals surface area contributed by atoms with Gasteiger partial charge in [0.2, 0.25) is 5.79 Å². The van der Waals surface area contributed by atoms with E-state index in [4.69, 9.17) is 19.2 Å². The van der Waals surface area contributed by atoms with Gasteiger partial charge in [-0.2, -0.15) is 0 Å². The molecule has 0 amide bonds. The maximum atomic E-state index is 6.24. The second kappa shape index (κ2) is 4.42. The molecule has 1 saturated carbocycles. The number of rotatable bonds is 0. The summed E-state index contributed by atoms with van der Waals surface area (Å²) in [6.07, 6.45) is 5.32. The number of fused-ring (bicyclic) bond motifs is 2. The van der Waals surface area contributed by atoms with E-state index >= 15 is 0 Å². The van der Waals surface area contributed by atoms with Crippen LogP contribution < -0.4 is 0 Å². The van der Waals surface area contributed by atoms with Crippen molar-refractivity contribution in [2.75, 3.05) is 6.61 Å². The van der Waals surface area contributed by atoms with Crippen LogP contribution in [-0.4, -0.2) is 24.3 Å². The van der Waals surface area contributed by atoms with Crippen LogP contribution >= 0.6 is 0 Å². The average molecular weight is 282 g/mol. The van der Waals surface area contributed by atoms with Crippen LogP contribution in [0.15, 0.2) is 0 Å². The molecule has 4 nitrogen and oxygen atoms in total. The molecular weight excluding hydrogens is 256 g/mol. The van der Waals surface area contributed by atoms with E-state index in [0.29, 0.717) is 23.7 Å². The van der Waals surface area contributed by atoms with Gasteiger partial charge in [-0.1, -0.05) is 13.8 Å². The zero-order chi connectivity index (χ0) is 14.0. The molecule has 4 heterocycles. The monoisotopic (exact) mass is 282 g/mol. The minimum atomic E-state index is -0.634.